The third-order valence-electron chi connectivity index (χ3n) is 6.77. The standard InChI is InChI=1S/C22H34FN/c1-2-3-4-5-17-6-8-18(9-7-17)19-10-12-20(13-11-19)21-14-15-22(23)24-16-21/h14-20H,2-13H2,1H3/t17-,18-,19?,20?. The van der Waals surface area contributed by atoms with E-state index < -0.39 is 0 Å². The summed E-state index contributed by atoms with van der Waals surface area (Å²) in [6.45, 7) is 2.30. The van der Waals surface area contributed by atoms with E-state index in [1.54, 1.807) is 6.20 Å². The topological polar surface area (TPSA) is 12.9 Å². The van der Waals surface area contributed by atoms with Crippen molar-refractivity contribution in [2.75, 3.05) is 0 Å². The summed E-state index contributed by atoms with van der Waals surface area (Å²) >= 11 is 0. The summed E-state index contributed by atoms with van der Waals surface area (Å²) < 4.78 is 13.0. The molecule has 0 aliphatic heterocycles. The Morgan fingerprint density at radius 1 is 0.917 bits per heavy atom. The predicted octanol–water partition coefficient (Wildman–Crippen LogP) is 6.88. The predicted molar refractivity (Wildman–Crippen MR) is 98.5 cm³/mol. The Kier molecular flexibility index (Phi) is 6.68. The Labute approximate surface area is 147 Å². The normalized spacial score (nSPS) is 31.1. The zero-order chi connectivity index (χ0) is 16.8. The Hall–Kier alpha value is -0.920. The van der Waals surface area contributed by atoms with Crippen molar-refractivity contribution in [1.29, 1.82) is 0 Å². The monoisotopic (exact) mass is 331 g/mol. The van der Waals surface area contributed by atoms with Crippen LogP contribution in [0.3, 0.4) is 0 Å². The van der Waals surface area contributed by atoms with E-state index in [-0.39, 0.29) is 5.95 Å². The quantitative estimate of drug-likeness (QED) is 0.409. The molecule has 1 aromatic heterocycles. The molecule has 0 bridgehead atoms. The van der Waals surface area contributed by atoms with Gasteiger partial charge in [-0.25, -0.2) is 4.98 Å². The Balaban J connectivity index is 1.40. The van der Waals surface area contributed by atoms with Gasteiger partial charge in [-0.2, -0.15) is 4.39 Å². The van der Waals surface area contributed by atoms with Crippen LogP contribution in [-0.4, -0.2) is 4.98 Å². The minimum absolute atomic E-state index is 0.358. The van der Waals surface area contributed by atoms with Crippen LogP contribution in [0, 0.1) is 23.7 Å². The second-order valence-electron chi connectivity index (χ2n) is 8.30. The molecule has 1 heterocycles. The number of unbranched alkanes of at least 4 members (excludes halogenated alkanes) is 2. The molecule has 24 heavy (non-hydrogen) atoms. The fourth-order valence-electron chi connectivity index (χ4n) is 5.18. The minimum Gasteiger partial charge on any atom is -0.228 e. The number of hydrogen-bond acceptors (Lipinski definition) is 1. The summed E-state index contributed by atoms with van der Waals surface area (Å²) in [4.78, 5) is 3.84. The van der Waals surface area contributed by atoms with Crippen LogP contribution in [0.4, 0.5) is 4.39 Å². The SMILES string of the molecule is CCCCC[C@H]1CC[C@H](C2CCC(c3ccc(F)nc3)CC2)CC1. The highest BCUT2D eigenvalue weighted by Gasteiger charge is 2.31. The highest BCUT2D eigenvalue weighted by atomic mass is 19.1. The van der Waals surface area contributed by atoms with Gasteiger partial charge in [0.2, 0.25) is 5.95 Å². The average Bonchev–Trinajstić information content (AvgIpc) is 2.63. The molecule has 0 aromatic carbocycles. The van der Waals surface area contributed by atoms with Crippen LogP contribution in [0.2, 0.25) is 0 Å². The molecule has 0 atom stereocenters. The number of pyridine rings is 1. The molecule has 2 fully saturated rings. The Morgan fingerprint density at radius 3 is 2.17 bits per heavy atom. The van der Waals surface area contributed by atoms with Crippen molar-refractivity contribution in [3.63, 3.8) is 0 Å². The molecule has 0 unspecified atom stereocenters. The van der Waals surface area contributed by atoms with Crippen LogP contribution >= 0.6 is 0 Å². The number of aromatic nitrogens is 1. The first-order valence-corrected chi connectivity index (χ1v) is 10.4. The first kappa shape index (κ1) is 17.9. The van der Waals surface area contributed by atoms with Crippen molar-refractivity contribution in [1.82, 2.24) is 4.98 Å². The molecule has 2 saturated carbocycles. The third kappa shape index (κ3) is 4.80. The lowest BCUT2D eigenvalue weighted by Gasteiger charge is -2.38. The van der Waals surface area contributed by atoms with Crippen molar-refractivity contribution >= 4 is 0 Å². The highest BCUT2D eigenvalue weighted by molar-refractivity contribution is 5.15. The molecule has 0 radical (unpaired) electrons. The second kappa shape index (κ2) is 8.97. The largest absolute Gasteiger partial charge is 0.228 e. The maximum absolute atomic E-state index is 13.0. The molecular formula is C22H34FN. The number of hydrogen-bond donors (Lipinski definition) is 0. The third-order valence-corrected chi connectivity index (χ3v) is 6.77. The molecular weight excluding hydrogens is 297 g/mol. The number of nitrogens with zero attached hydrogens (tertiary/aromatic N) is 1. The van der Waals surface area contributed by atoms with Crippen molar-refractivity contribution in [2.45, 2.75) is 89.9 Å². The fourth-order valence-corrected chi connectivity index (χ4v) is 5.18. The number of rotatable bonds is 6. The van der Waals surface area contributed by atoms with Gasteiger partial charge in [-0.1, -0.05) is 51.5 Å². The molecule has 0 N–H and O–H groups in total. The van der Waals surface area contributed by atoms with Gasteiger partial charge in [-0.15, -0.1) is 0 Å². The van der Waals surface area contributed by atoms with Crippen LogP contribution in [0.1, 0.15) is 95.5 Å². The van der Waals surface area contributed by atoms with Crippen molar-refractivity contribution in [3.05, 3.63) is 29.8 Å². The van der Waals surface area contributed by atoms with Gasteiger partial charge >= 0.3 is 0 Å². The molecule has 2 aliphatic rings. The summed E-state index contributed by atoms with van der Waals surface area (Å²) in [6.07, 6.45) is 18.6. The molecule has 1 aromatic rings. The molecule has 134 valence electrons. The van der Waals surface area contributed by atoms with E-state index in [1.807, 2.05) is 6.07 Å². The van der Waals surface area contributed by atoms with Crippen LogP contribution in [0.5, 0.6) is 0 Å². The van der Waals surface area contributed by atoms with Gasteiger partial charge in [0.15, 0.2) is 0 Å². The van der Waals surface area contributed by atoms with Crippen molar-refractivity contribution < 1.29 is 4.39 Å². The van der Waals surface area contributed by atoms with Crippen LogP contribution in [-0.2, 0) is 0 Å². The van der Waals surface area contributed by atoms with Crippen molar-refractivity contribution in [3.8, 4) is 0 Å². The summed E-state index contributed by atoms with van der Waals surface area (Å²) in [5, 5.41) is 0. The lowest BCUT2D eigenvalue weighted by Crippen LogP contribution is -2.25. The van der Waals surface area contributed by atoms with Gasteiger partial charge in [0.05, 0.1) is 0 Å². The average molecular weight is 332 g/mol. The van der Waals surface area contributed by atoms with Gasteiger partial charge in [-0.3, -0.25) is 0 Å². The Bertz CT molecular complexity index is 467. The van der Waals surface area contributed by atoms with E-state index in [0.29, 0.717) is 5.92 Å². The maximum Gasteiger partial charge on any atom is 0.212 e. The molecule has 0 spiro atoms. The molecule has 0 saturated heterocycles. The fraction of sp³-hybridized carbons (Fsp3) is 0.773. The lowest BCUT2D eigenvalue weighted by molar-refractivity contribution is 0.155. The first-order chi connectivity index (χ1) is 11.8. The zero-order valence-corrected chi connectivity index (χ0v) is 15.4. The van der Waals surface area contributed by atoms with Crippen LogP contribution in [0.25, 0.3) is 0 Å². The van der Waals surface area contributed by atoms with Gasteiger partial charge in [0, 0.05) is 6.20 Å². The minimum atomic E-state index is -0.358. The number of halogens is 1. The molecule has 1 nitrogen and oxygen atoms in total. The van der Waals surface area contributed by atoms with E-state index in [0.717, 1.165) is 17.8 Å². The summed E-state index contributed by atoms with van der Waals surface area (Å²) in [5.74, 6) is 3.21. The van der Waals surface area contributed by atoms with E-state index in [1.165, 1.54) is 88.7 Å². The lowest BCUT2D eigenvalue weighted by atomic mass is 9.68. The highest BCUT2D eigenvalue weighted by Crippen LogP contribution is 2.44. The van der Waals surface area contributed by atoms with E-state index in [2.05, 4.69) is 11.9 Å². The Morgan fingerprint density at radius 2 is 1.58 bits per heavy atom. The van der Waals surface area contributed by atoms with Gasteiger partial charge < -0.3 is 0 Å². The van der Waals surface area contributed by atoms with E-state index in [9.17, 15) is 4.39 Å². The molecule has 3 rings (SSSR count). The van der Waals surface area contributed by atoms with Crippen LogP contribution < -0.4 is 0 Å². The van der Waals surface area contributed by atoms with E-state index in [4.69, 9.17) is 0 Å². The van der Waals surface area contributed by atoms with Crippen LogP contribution in [0.15, 0.2) is 18.3 Å². The van der Waals surface area contributed by atoms with Crippen molar-refractivity contribution in [2.24, 2.45) is 17.8 Å². The van der Waals surface area contributed by atoms with E-state index >= 15 is 0 Å². The smallest absolute Gasteiger partial charge is 0.212 e. The summed E-state index contributed by atoms with van der Waals surface area (Å²) in [5.41, 5.74) is 1.24. The molecule has 2 heteroatoms. The van der Waals surface area contributed by atoms with Gasteiger partial charge in [-0.05, 0) is 73.8 Å². The maximum atomic E-state index is 13.0. The van der Waals surface area contributed by atoms with Gasteiger partial charge in [0.1, 0.15) is 0 Å². The first-order valence-electron chi connectivity index (χ1n) is 10.4. The zero-order valence-electron chi connectivity index (χ0n) is 15.4. The molecule has 2 aliphatic carbocycles. The second-order valence-corrected chi connectivity index (χ2v) is 8.30. The summed E-state index contributed by atoms with van der Waals surface area (Å²) in [6, 6.07) is 3.45. The summed E-state index contributed by atoms with van der Waals surface area (Å²) in [7, 11) is 0. The van der Waals surface area contributed by atoms with Gasteiger partial charge in [0.25, 0.3) is 0 Å². The molecule has 0 amide bonds.